The summed E-state index contributed by atoms with van der Waals surface area (Å²) in [7, 11) is -3.19. The van der Waals surface area contributed by atoms with Gasteiger partial charge < -0.3 is 15.0 Å². The van der Waals surface area contributed by atoms with Crippen LogP contribution in [0.4, 0.5) is 0 Å². The molecular formula is C18H27ClN2O4S. The molecule has 1 amide bonds. The zero-order chi connectivity index (χ0) is 17.9. The number of nitrogens with one attached hydrogen (secondary N) is 1. The highest BCUT2D eigenvalue weighted by Gasteiger charge is 2.30. The zero-order valence-corrected chi connectivity index (χ0v) is 16.7. The number of rotatable bonds is 6. The van der Waals surface area contributed by atoms with Gasteiger partial charge in [0.05, 0.1) is 11.5 Å². The van der Waals surface area contributed by atoms with E-state index >= 15 is 0 Å². The zero-order valence-electron chi connectivity index (χ0n) is 15.0. The number of hydrogen-bond acceptors (Lipinski definition) is 5. The molecule has 1 aromatic rings. The summed E-state index contributed by atoms with van der Waals surface area (Å²) in [6.45, 7) is 2.12. The Hall–Kier alpha value is -1.31. The number of benzene rings is 1. The summed E-state index contributed by atoms with van der Waals surface area (Å²) in [5, 5.41) is 3.58. The molecule has 0 saturated carbocycles. The van der Waals surface area contributed by atoms with Crippen LogP contribution in [0.5, 0.6) is 5.75 Å². The second-order valence-electron chi connectivity index (χ2n) is 6.96. The third-order valence-corrected chi connectivity index (χ3v) is 6.06. The fourth-order valence-corrected chi connectivity index (χ4v) is 4.15. The van der Waals surface area contributed by atoms with Gasteiger partial charge in [0, 0.05) is 37.8 Å². The van der Waals surface area contributed by atoms with Crippen LogP contribution in [0.15, 0.2) is 29.2 Å². The molecule has 0 spiro atoms. The highest BCUT2D eigenvalue weighted by molar-refractivity contribution is 7.90. The second kappa shape index (κ2) is 9.06. The number of amides is 1. The Bertz CT molecular complexity index is 708. The summed E-state index contributed by atoms with van der Waals surface area (Å²) in [6.07, 6.45) is 5.77. The normalized spacial score (nSPS) is 22.4. The summed E-state index contributed by atoms with van der Waals surface area (Å²) < 4.78 is 28.4. The van der Waals surface area contributed by atoms with E-state index in [2.05, 4.69) is 5.32 Å². The number of ether oxygens (including phenoxy) is 1. The van der Waals surface area contributed by atoms with Gasteiger partial charge in [-0.2, -0.15) is 0 Å². The van der Waals surface area contributed by atoms with Crippen molar-refractivity contribution in [2.45, 2.75) is 49.1 Å². The number of likely N-dealkylation sites (tertiary alicyclic amines) is 1. The van der Waals surface area contributed by atoms with Gasteiger partial charge in [0.2, 0.25) is 5.91 Å². The van der Waals surface area contributed by atoms with Crippen LogP contribution < -0.4 is 10.1 Å². The first-order valence-corrected chi connectivity index (χ1v) is 10.8. The Kier molecular flexibility index (Phi) is 7.32. The maximum Gasteiger partial charge on any atom is 0.222 e. The number of carbonyl (C=O) groups is 1. The Morgan fingerprint density at radius 2 is 1.88 bits per heavy atom. The molecule has 146 valence electrons. The Morgan fingerprint density at radius 3 is 2.58 bits per heavy atom. The number of nitrogens with zero attached hydrogens (tertiary/aromatic N) is 1. The molecule has 8 heteroatoms. The van der Waals surface area contributed by atoms with E-state index in [0.717, 1.165) is 19.5 Å². The third-order valence-electron chi connectivity index (χ3n) is 4.93. The van der Waals surface area contributed by atoms with Gasteiger partial charge in [0.1, 0.15) is 5.75 Å². The standard InChI is InChI=1S/C18H26N2O4S.ClH/c1-25(22,23)17-8-6-16(7-9-17)24-12-2-3-18(21)20-11-10-14-4-5-15(13-20)19-14;/h6-9,14-15,19H,2-5,10-13H2,1H3;1H. The Balaban J connectivity index is 0.00000243. The predicted octanol–water partition coefficient (Wildman–Crippen LogP) is 2.02. The summed E-state index contributed by atoms with van der Waals surface area (Å²) in [4.78, 5) is 14.6. The first-order valence-electron chi connectivity index (χ1n) is 8.88. The molecule has 1 N–H and O–H groups in total. The lowest BCUT2D eigenvalue weighted by molar-refractivity contribution is -0.131. The van der Waals surface area contributed by atoms with Crippen molar-refractivity contribution in [3.05, 3.63) is 24.3 Å². The largest absolute Gasteiger partial charge is 0.494 e. The molecule has 2 atom stereocenters. The summed E-state index contributed by atoms with van der Waals surface area (Å²) >= 11 is 0. The number of hydrogen-bond donors (Lipinski definition) is 1. The van der Waals surface area contributed by atoms with Crippen LogP contribution in [0.1, 0.15) is 32.1 Å². The average Bonchev–Trinajstić information content (AvgIpc) is 2.90. The summed E-state index contributed by atoms with van der Waals surface area (Å²) in [5.41, 5.74) is 0. The maximum absolute atomic E-state index is 12.4. The first kappa shape index (κ1) is 21.0. The van der Waals surface area contributed by atoms with E-state index in [-0.39, 0.29) is 23.2 Å². The number of fused-ring (bicyclic) bond motifs is 2. The van der Waals surface area contributed by atoms with Crippen molar-refractivity contribution in [1.29, 1.82) is 0 Å². The molecule has 0 aromatic heterocycles. The van der Waals surface area contributed by atoms with Gasteiger partial charge in [-0.05, 0) is 49.9 Å². The Morgan fingerprint density at radius 1 is 1.19 bits per heavy atom. The number of halogens is 1. The lowest BCUT2D eigenvalue weighted by Gasteiger charge is -2.24. The van der Waals surface area contributed by atoms with E-state index in [1.165, 1.54) is 31.2 Å². The van der Waals surface area contributed by atoms with Crippen molar-refractivity contribution in [1.82, 2.24) is 10.2 Å². The third kappa shape index (κ3) is 5.59. The van der Waals surface area contributed by atoms with Crippen molar-refractivity contribution < 1.29 is 17.9 Å². The van der Waals surface area contributed by atoms with E-state index in [4.69, 9.17) is 4.74 Å². The van der Waals surface area contributed by atoms with E-state index in [0.29, 0.717) is 37.3 Å². The molecule has 2 saturated heterocycles. The second-order valence-corrected chi connectivity index (χ2v) is 8.98. The fraction of sp³-hybridized carbons (Fsp3) is 0.611. The minimum absolute atomic E-state index is 0. The van der Waals surface area contributed by atoms with Gasteiger partial charge in [0.25, 0.3) is 0 Å². The van der Waals surface area contributed by atoms with Crippen LogP contribution in [0.25, 0.3) is 0 Å². The van der Waals surface area contributed by atoms with Crippen LogP contribution in [0.2, 0.25) is 0 Å². The molecule has 0 aliphatic carbocycles. The van der Waals surface area contributed by atoms with Crippen molar-refractivity contribution in [3.63, 3.8) is 0 Å². The van der Waals surface area contributed by atoms with Crippen molar-refractivity contribution in [2.24, 2.45) is 0 Å². The highest BCUT2D eigenvalue weighted by atomic mass is 35.5. The Labute approximate surface area is 161 Å². The molecule has 3 rings (SSSR count). The predicted molar refractivity (Wildman–Crippen MR) is 103 cm³/mol. The van der Waals surface area contributed by atoms with Crippen LogP contribution in [0, 0.1) is 0 Å². The smallest absolute Gasteiger partial charge is 0.222 e. The highest BCUT2D eigenvalue weighted by Crippen LogP contribution is 2.21. The van der Waals surface area contributed by atoms with Crippen molar-refractivity contribution in [3.8, 4) is 5.75 Å². The fourth-order valence-electron chi connectivity index (χ4n) is 3.52. The van der Waals surface area contributed by atoms with E-state index in [1.807, 2.05) is 4.90 Å². The first-order chi connectivity index (χ1) is 11.9. The molecule has 2 unspecified atom stereocenters. The minimum atomic E-state index is -3.19. The van der Waals surface area contributed by atoms with E-state index in [1.54, 1.807) is 12.1 Å². The number of carbonyl (C=O) groups excluding carboxylic acids is 1. The maximum atomic E-state index is 12.4. The average molecular weight is 403 g/mol. The van der Waals surface area contributed by atoms with Gasteiger partial charge in [-0.15, -0.1) is 12.4 Å². The molecule has 6 nitrogen and oxygen atoms in total. The molecule has 0 radical (unpaired) electrons. The van der Waals surface area contributed by atoms with Crippen molar-refractivity contribution in [2.75, 3.05) is 26.0 Å². The van der Waals surface area contributed by atoms with E-state index < -0.39 is 9.84 Å². The van der Waals surface area contributed by atoms with E-state index in [9.17, 15) is 13.2 Å². The molecule has 2 aliphatic heterocycles. The summed E-state index contributed by atoms with van der Waals surface area (Å²) in [6, 6.07) is 7.41. The molecular weight excluding hydrogens is 376 g/mol. The minimum Gasteiger partial charge on any atom is -0.494 e. The van der Waals surface area contributed by atoms with Crippen LogP contribution in [-0.4, -0.2) is 57.3 Å². The summed E-state index contributed by atoms with van der Waals surface area (Å²) in [5.74, 6) is 0.821. The lowest BCUT2D eigenvalue weighted by atomic mass is 10.1. The quantitative estimate of drug-likeness (QED) is 0.737. The SMILES string of the molecule is CS(=O)(=O)c1ccc(OCCCC(=O)N2CCC3CCC(C2)N3)cc1.Cl. The molecule has 2 aliphatic rings. The molecule has 26 heavy (non-hydrogen) atoms. The van der Waals surface area contributed by atoms with Crippen LogP contribution >= 0.6 is 12.4 Å². The topological polar surface area (TPSA) is 75.7 Å². The molecule has 2 bridgehead atoms. The molecule has 1 aromatic carbocycles. The van der Waals surface area contributed by atoms with Gasteiger partial charge in [-0.1, -0.05) is 0 Å². The molecule has 2 heterocycles. The molecule has 2 fully saturated rings. The van der Waals surface area contributed by atoms with Crippen LogP contribution in [0.3, 0.4) is 0 Å². The van der Waals surface area contributed by atoms with Gasteiger partial charge in [-0.3, -0.25) is 4.79 Å². The van der Waals surface area contributed by atoms with Crippen LogP contribution in [-0.2, 0) is 14.6 Å². The lowest BCUT2D eigenvalue weighted by Crippen LogP contribution is -2.39. The van der Waals surface area contributed by atoms with Gasteiger partial charge >= 0.3 is 0 Å². The monoisotopic (exact) mass is 402 g/mol. The van der Waals surface area contributed by atoms with Crippen molar-refractivity contribution >= 4 is 28.2 Å². The van der Waals surface area contributed by atoms with Gasteiger partial charge in [0.15, 0.2) is 9.84 Å². The number of sulfone groups is 1. The van der Waals surface area contributed by atoms with Gasteiger partial charge in [-0.25, -0.2) is 8.42 Å².